The van der Waals surface area contributed by atoms with Gasteiger partial charge in [-0.3, -0.25) is 9.59 Å². The van der Waals surface area contributed by atoms with Gasteiger partial charge in [0.05, 0.1) is 37.7 Å². The summed E-state index contributed by atoms with van der Waals surface area (Å²) >= 11 is 0. The second-order valence-electron chi connectivity index (χ2n) is 10.7. The van der Waals surface area contributed by atoms with E-state index in [1.807, 2.05) is 13.0 Å². The number of benzene rings is 5. The normalized spacial score (nSPS) is 13.2. The van der Waals surface area contributed by atoms with Gasteiger partial charge in [0, 0.05) is 40.7 Å². The van der Waals surface area contributed by atoms with E-state index in [9.17, 15) is 35.1 Å². The van der Waals surface area contributed by atoms with Crippen molar-refractivity contribution in [2.45, 2.75) is 39.4 Å². The molecule has 0 atom stereocenters. The molecule has 1 aliphatic carbocycles. The van der Waals surface area contributed by atoms with Crippen LogP contribution in [-0.4, -0.2) is 52.4 Å². The molecule has 6 N–H and O–H groups in total. The van der Waals surface area contributed by atoms with Crippen LogP contribution in [0.15, 0.2) is 27.3 Å². The van der Waals surface area contributed by atoms with Gasteiger partial charge in [0.25, 0.3) is 0 Å². The van der Waals surface area contributed by atoms with E-state index < -0.39 is 18.6 Å². The van der Waals surface area contributed by atoms with Gasteiger partial charge >= 0.3 is 0 Å². The number of hydrogen-bond donors (Lipinski definition) is 6. The van der Waals surface area contributed by atoms with Crippen molar-refractivity contribution < 1.29 is 30.3 Å². The first-order valence-corrected chi connectivity index (χ1v) is 13.6. The third-order valence-electron chi connectivity index (χ3n) is 8.31. The van der Waals surface area contributed by atoms with Crippen molar-refractivity contribution in [3.8, 4) is 11.5 Å². The van der Waals surface area contributed by atoms with Crippen LogP contribution in [0.4, 0.5) is 5.69 Å². The van der Waals surface area contributed by atoms with Crippen LogP contribution >= 0.6 is 0 Å². The zero-order valence-corrected chi connectivity index (χ0v) is 22.8. The third-order valence-corrected chi connectivity index (χ3v) is 8.31. The lowest BCUT2D eigenvalue weighted by Gasteiger charge is -2.24. The first kappa shape index (κ1) is 27.2. The Morgan fingerprint density at radius 1 is 0.854 bits per heavy atom. The van der Waals surface area contributed by atoms with Gasteiger partial charge < -0.3 is 35.6 Å². The summed E-state index contributed by atoms with van der Waals surface area (Å²) in [5.74, 6) is -0.120. The molecule has 0 saturated heterocycles. The van der Waals surface area contributed by atoms with Crippen molar-refractivity contribution in [3.05, 3.63) is 66.0 Å². The number of aromatic hydroxyl groups is 1. The van der Waals surface area contributed by atoms with Gasteiger partial charge in [-0.15, -0.1) is 0 Å². The highest BCUT2D eigenvalue weighted by molar-refractivity contribution is 6.38. The molecule has 0 spiro atoms. The second-order valence-corrected chi connectivity index (χ2v) is 10.7. The fraction of sp³-hybridized carbons (Fsp3) is 0.312. The van der Waals surface area contributed by atoms with E-state index in [0.717, 1.165) is 5.57 Å². The number of nitrogens with one attached hydrogen (secondary N) is 1. The van der Waals surface area contributed by atoms with E-state index in [1.165, 1.54) is 13.2 Å². The molecule has 1 aliphatic rings. The average molecular weight is 558 g/mol. The van der Waals surface area contributed by atoms with Crippen LogP contribution in [-0.2, 0) is 26.1 Å². The molecule has 0 radical (unpaired) electrons. The Morgan fingerprint density at radius 2 is 1.54 bits per heavy atom. The van der Waals surface area contributed by atoms with Crippen LogP contribution in [0.5, 0.6) is 11.5 Å². The molecular weight excluding hydrogens is 526 g/mol. The van der Waals surface area contributed by atoms with Crippen molar-refractivity contribution in [2.24, 2.45) is 0 Å². The minimum atomic E-state index is -0.477. The molecule has 0 unspecified atom stereocenters. The molecule has 0 aromatic heterocycles. The molecule has 5 aromatic carbocycles. The van der Waals surface area contributed by atoms with E-state index in [2.05, 4.69) is 5.32 Å². The zero-order valence-electron chi connectivity index (χ0n) is 22.8. The van der Waals surface area contributed by atoms with Crippen LogP contribution in [0.25, 0.3) is 49.2 Å². The summed E-state index contributed by atoms with van der Waals surface area (Å²) in [6.07, 6.45) is 2.98. The van der Waals surface area contributed by atoms with Crippen molar-refractivity contribution in [1.82, 2.24) is 0 Å². The number of ether oxygens (including phenoxy) is 1. The molecule has 0 fully saturated rings. The maximum Gasteiger partial charge on any atom is 0.192 e. The topological polar surface area (TPSA) is 157 Å². The second kappa shape index (κ2) is 10.1. The highest BCUT2D eigenvalue weighted by atomic mass is 16.5. The van der Waals surface area contributed by atoms with E-state index in [0.29, 0.717) is 90.5 Å². The molecule has 41 heavy (non-hydrogen) atoms. The van der Waals surface area contributed by atoms with Crippen molar-refractivity contribution >= 4 is 54.9 Å². The van der Waals surface area contributed by atoms with E-state index in [4.69, 9.17) is 4.74 Å². The lowest BCUT2D eigenvalue weighted by molar-refractivity contribution is 0.282. The van der Waals surface area contributed by atoms with Crippen molar-refractivity contribution in [2.75, 3.05) is 32.2 Å². The number of methoxy groups -OCH3 is 1. The molecule has 0 bridgehead atoms. The van der Waals surface area contributed by atoms with Gasteiger partial charge in [0.15, 0.2) is 22.4 Å². The Labute approximate surface area is 234 Å². The number of fused-ring (bicyclic) bond motifs is 1. The lowest BCUT2D eigenvalue weighted by Crippen LogP contribution is -2.17. The summed E-state index contributed by atoms with van der Waals surface area (Å²) in [5.41, 5.74) is 3.24. The highest BCUT2D eigenvalue weighted by Crippen LogP contribution is 2.52. The molecule has 212 valence electrons. The smallest absolute Gasteiger partial charge is 0.192 e. The summed E-state index contributed by atoms with van der Waals surface area (Å²) in [6, 6.07) is 2.95. The van der Waals surface area contributed by atoms with E-state index >= 15 is 0 Å². The predicted octanol–water partition coefficient (Wildman–Crippen LogP) is 2.88. The fourth-order valence-electron chi connectivity index (χ4n) is 6.81. The van der Waals surface area contributed by atoms with Gasteiger partial charge in [0.1, 0.15) is 0 Å². The van der Waals surface area contributed by atoms with Gasteiger partial charge in [-0.1, -0.05) is 11.6 Å². The first-order chi connectivity index (χ1) is 19.8. The number of phenols is 1. The minimum absolute atomic E-state index is 0.0478. The standard InChI is InChI=1S/C32H31NO8/c1-14-8-18-17(4-3-6-34)30(39)26-20(33-5-7-35)10-15(12-36)22-23-16(13-37)11-21(38)27-29(23)25(24(18)28(22)26)19(9-14)32(41-2)31(27)40/h8,10-11,33-37,40H,3-7,9,12-13H2,1-2H3. The van der Waals surface area contributed by atoms with Crippen LogP contribution in [0.1, 0.15) is 41.2 Å². The van der Waals surface area contributed by atoms with Crippen molar-refractivity contribution in [3.63, 3.8) is 0 Å². The van der Waals surface area contributed by atoms with E-state index in [1.54, 1.807) is 6.07 Å². The van der Waals surface area contributed by atoms with Crippen LogP contribution in [0, 0.1) is 0 Å². The van der Waals surface area contributed by atoms with Crippen LogP contribution in [0.2, 0.25) is 0 Å². The molecule has 6 rings (SSSR count). The van der Waals surface area contributed by atoms with E-state index in [-0.39, 0.29) is 42.1 Å². The molecule has 9 heteroatoms. The average Bonchev–Trinajstić information content (AvgIpc) is 3.11. The third kappa shape index (κ3) is 3.70. The van der Waals surface area contributed by atoms with Gasteiger partial charge in [-0.05, 0) is 76.6 Å². The SMILES string of the molecule is COc1c(O)c2c(=O)cc(CO)c3c4c(CO)cc(NCCO)c5c(=O)c(CCCO)c6c(c(c1CC(C)=C6)c23)c54. The number of hydrogen-bond acceptors (Lipinski definition) is 9. The molecule has 9 nitrogen and oxygen atoms in total. The summed E-state index contributed by atoms with van der Waals surface area (Å²) in [4.78, 5) is 27.9. The predicted molar refractivity (Wildman–Crippen MR) is 160 cm³/mol. The summed E-state index contributed by atoms with van der Waals surface area (Å²) in [6.45, 7) is 0.923. The molecule has 0 aliphatic heterocycles. The molecule has 0 saturated carbocycles. The maximum atomic E-state index is 14.4. The largest absolute Gasteiger partial charge is 0.504 e. The monoisotopic (exact) mass is 557 g/mol. The Bertz CT molecular complexity index is 2010. The summed E-state index contributed by atoms with van der Waals surface area (Å²) < 4.78 is 5.71. The first-order valence-electron chi connectivity index (χ1n) is 13.6. The Kier molecular flexibility index (Phi) is 6.70. The summed E-state index contributed by atoms with van der Waals surface area (Å²) in [5, 5.41) is 58.7. The lowest BCUT2D eigenvalue weighted by atomic mass is 9.80. The number of aliphatic hydroxyl groups is 4. The van der Waals surface area contributed by atoms with Gasteiger partial charge in [0.2, 0.25) is 0 Å². The Hall–Kier alpha value is -4.02. The number of phenolic OH excluding ortho intramolecular Hbond substituents is 1. The quantitative estimate of drug-likeness (QED) is 0.118. The van der Waals surface area contributed by atoms with Crippen LogP contribution < -0.4 is 20.9 Å². The number of aliphatic hydroxyl groups excluding tert-OH is 4. The number of anilines is 1. The fourth-order valence-corrected chi connectivity index (χ4v) is 6.81. The van der Waals surface area contributed by atoms with Crippen molar-refractivity contribution in [1.29, 1.82) is 0 Å². The molecular formula is C32H31NO8. The Morgan fingerprint density at radius 3 is 2.17 bits per heavy atom. The molecule has 0 heterocycles. The molecule has 0 amide bonds. The zero-order chi connectivity index (χ0) is 29.2. The van der Waals surface area contributed by atoms with Gasteiger partial charge in [-0.2, -0.15) is 0 Å². The number of rotatable bonds is 9. The minimum Gasteiger partial charge on any atom is -0.504 e. The highest BCUT2D eigenvalue weighted by Gasteiger charge is 2.32. The van der Waals surface area contributed by atoms with Crippen LogP contribution in [0.3, 0.4) is 0 Å². The number of allylic oxidation sites excluding steroid dienone is 1. The Balaban J connectivity index is 2.08. The maximum absolute atomic E-state index is 14.4. The molecule has 5 aromatic rings. The van der Waals surface area contributed by atoms with Gasteiger partial charge in [-0.25, -0.2) is 0 Å². The summed E-state index contributed by atoms with van der Waals surface area (Å²) in [7, 11) is 1.43.